The van der Waals surface area contributed by atoms with Crippen molar-refractivity contribution in [3.05, 3.63) is 29.3 Å². The van der Waals surface area contributed by atoms with E-state index < -0.39 is 13.6 Å². The summed E-state index contributed by atoms with van der Waals surface area (Å²) < 4.78 is 19.7. The molecule has 0 atom stereocenters. The van der Waals surface area contributed by atoms with Gasteiger partial charge in [0.15, 0.2) is 0 Å². The first-order valence-electron chi connectivity index (χ1n) is 12.0. The molecule has 9 heteroatoms. The van der Waals surface area contributed by atoms with Crippen LogP contribution in [0.4, 0.5) is 4.48 Å². The van der Waals surface area contributed by atoms with E-state index in [1.165, 1.54) is 102 Å². The fraction of sp³-hybridized carbons (Fsp3) is 0.708. The zero-order valence-corrected chi connectivity index (χ0v) is 21.7. The predicted octanol–water partition coefficient (Wildman–Crippen LogP) is 7.31. The summed E-state index contributed by atoms with van der Waals surface area (Å²) in [5.74, 6) is 2.35. The van der Waals surface area contributed by atoms with Crippen molar-refractivity contribution in [1.82, 2.24) is 0 Å². The Balaban J connectivity index is 0. The maximum atomic E-state index is 10.7. The van der Waals surface area contributed by atoms with E-state index in [0.717, 1.165) is 12.8 Å². The van der Waals surface area contributed by atoms with Gasteiger partial charge in [-0.15, -0.1) is 4.48 Å². The molecule has 0 fully saturated rings. The van der Waals surface area contributed by atoms with E-state index in [1.54, 1.807) is 6.07 Å². The third-order valence-corrected chi connectivity index (χ3v) is 6.64. The molecule has 0 radical (unpaired) electrons. The predicted molar refractivity (Wildman–Crippen MR) is 136 cm³/mol. The number of nitrogens with two attached hydrogens (primary N) is 1. The van der Waals surface area contributed by atoms with Crippen LogP contribution in [0, 0.1) is 0 Å². The van der Waals surface area contributed by atoms with Crippen molar-refractivity contribution in [2.45, 2.75) is 110 Å². The van der Waals surface area contributed by atoms with E-state index in [0.29, 0.717) is 6.42 Å². The van der Waals surface area contributed by atoms with Gasteiger partial charge in [-0.25, -0.2) is 0 Å². The number of aliphatic carboxylic acids is 1. The highest BCUT2D eigenvalue weighted by Gasteiger charge is 2.19. The first-order valence-corrected chi connectivity index (χ1v) is 14.0. The lowest BCUT2D eigenvalue weighted by molar-refractivity contribution is -0.137. The van der Waals surface area contributed by atoms with Crippen LogP contribution >= 0.6 is 19.2 Å². The van der Waals surface area contributed by atoms with Crippen molar-refractivity contribution in [2.75, 3.05) is 0 Å². The molecule has 0 amide bonds. The van der Waals surface area contributed by atoms with Gasteiger partial charge in [-0.05, 0) is 18.6 Å². The number of carboxylic acids is 1. The van der Waals surface area contributed by atoms with Crippen LogP contribution in [0.5, 0.6) is 0 Å². The van der Waals surface area contributed by atoms with E-state index in [4.69, 9.17) is 31.0 Å². The van der Waals surface area contributed by atoms with Crippen LogP contribution in [0.2, 0.25) is 5.02 Å². The number of hydrogen-bond acceptors (Lipinski definition) is 3. The second kappa shape index (κ2) is 24.2. The Morgan fingerprint density at radius 3 is 1.48 bits per heavy atom. The van der Waals surface area contributed by atoms with E-state index in [-0.39, 0.29) is 10.3 Å². The minimum Gasteiger partial charge on any atom is -0.481 e. The third-order valence-electron chi connectivity index (χ3n) is 5.16. The van der Waals surface area contributed by atoms with Gasteiger partial charge in [0.05, 0.1) is 10.3 Å². The molecule has 0 unspecified atom stereocenters. The summed E-state index contributed by atoms with van der Waals surface area (Å²) in [6, 6.07) is 5.89. The normalized spacial score (nSPS) is 10.6. The molecular formula is C24H44ClFNO5P. The first-order chi connectivity index (χ1) is 15.8. The Hall–Kier alpha value is -0.980. The van der Waals surface area contributed by atoms with E-state index in [9.17, 15) is 9.36 Å². The van der Waals surface area contributed by atoms with Crippen molar-refractivity contribution in [3.8, 4) is 0 Å². The minimum atomic E-state index is -4.19. The highest BCUT2D eigenvalue weighted by atomic mass is 35.5. The van der Waals surface area contributed by atoms with Crippen molar-refractivity contribution in [1.29, 1.82) is 0 Å². The van der Waals surface area contributed by atoms with Gasteiger partial charge in [0.1, 0.15) is 0 Å². The van der Waals surface area contributed by atoms with Crippen molar-refractivity contribution >= 4 is 30.5 Å². The van der Waals surface area contributed by atoms with Crippen LogP contribution < -0.4 is 11.3 Å². The van der Waals surface area contributed by atoms with Crippen LogP contribution in [0.3, 0.4) is 0 Å². The number of benzene rings is 1. The lowest BCUT2D eigenvalue weighted by Gasteiger charge is -2.04. The van der Waals surface area contributed by atoms with Gasteiger partial charge >= 0.3 is 13.6 Å². The van der Waals surface area contributed by atoms with Gasteiger partial charge in [0.25, 0.3) is 0 Å². The molecule has 0 aliphatic carbocycles. The number of halogens is 2. The molecule has 1 aromatic carbocycles. The molecule has 0 bridgehead atoms. The standard InChI is InChI=1S/C18H36O2.C6H6ClO3P.FH2N/c1-2-3-4-5-6-7-8-9-10-11-12-13-14-15-16-17-18(19)20;7-5-3-1-2-4-6(5)11(8,9)10;1-2/h2-17H2,1H3,(H,19,20);1-4H,(H2,8,9,10);2H2. The quantitative estimate of drug-likeness (QED) is 0.0988. The highest BCUT2D eigenvalue weighted by Crippen LogP contribution is 2.35. The molecule has 0 saturated heterocycles. The van der Waals surface area contributed by atoms with Crippen LogP contribution in [-0.2, 0) is 9.36 Å². The molecule has 33 heavy (non-hydrogen) atoms. The summed E-state index contributed by atoms with van der Waals surface area (Å²) in [6.45, 7) is 2.27. The average molecular weight is 512 g/mol. The smallest absolute Gasteiger partial charge is 0.357 e. The molecule has 194 valence electrons. The Labute approximate surface area is 204 Å². The van der Waals surface area contributed by atoms with Crippen LogP contribution in [0.15, 0.2) is 24.3 Å². The Kier molecular flexibility index (Phi) is 25.0. The molecule has 1 rings (SSSR count). The van der Waals surface area contributed by atoms with Gasteiger partial charge in [-0.1, -0.05) is 121 Å². The molecule has 0 heterocycles. The molecular weight excluding hydrogens is 468 g/mol. The maximum Gasteiger partial charge on any atom is 0.357 e. The molecule has 0 aromatic heterocycles. The summed E-state index contributed by atoms with van der Waals surface area (Å²) in [6.07, 6.45) is 20.2. The van der Waals surface area contributed by atoms with Crippen LogP contribution in [-0.4, -0.2) is 20.9 Å². The van der Waals surface area contributed by atoms with Crippen molar-refractivity contribution < 1.29 is 28.7 Å². The zero-order chi connectivity index (χ0) is 25.4. The largest absolute Gasteiger partial charge is 0.481 e. The number of hydrogen-bond donors (Lipinski definition) is 4. The third kappa shape index (κ3) is 24.0. The maximum absolute atomic E-state index is 10.7. The fourth-order valence-corrected chi connectivity index (χ4v) is 4.43. The van der Waals surface area contributed by atoms with Gasteiger partial charge in [-0.2, -0.15) is 5.96 Å². The summed E-state index contributed by atoms with van der Waals surface area (Å²) in [7, 11) is -4.19. The fourth-order valence-electron chi connectivity index (χ4n) is 3.34. The lowest BCUT2D eigenvalue weighted by Crippen LogP contribution is -2.03. The molecule has 6 nitrogen and oxygen atoms in total. The lowest BCUT2D eigenvalue weighted by atomic mass is 10.0. The Morgan fingerprint density at radius 1 is 0.818 bits per heavy atom. The second-order valence-electron chi connectivity index (χ2n) is 8.09. The monoisotopic (exact) mass is 511 g/mol. The molecule has 0 aliphatic rings. The first kappa shape index (κ1) is 34.2. The van der Waals surface area contributed by atoms with Gasteiger partial charge < -0.3 is 14.9 Å². The molecule has 0 aliphatic heterocycles. The SMILES string of the molecule is CCCCCCCCCCCCCCCCCC(=O)O.NF.O=P(O)(O)c1ccccc1Cl. The van der Waals surface area contributed by atoms with Crippen molar-refractivity contribution in [2.24, 2.45) is 5.96 Å². The summed E-state index contributed by atoms with van der Waals surface area (Å²) in [5, 5.41) is 8.49. The summed E-state index contributed by atoms with van der Waals surface area (Å²) in [5.41, 5.74) is 0. The topological polar surface area (TPSA) is 121 Å². The average Bonchev–Trinajstić information content (AvgIpc) is 2.77. The molecule has 0 spiro atoms. The summed E-state index contributed by atoms with van der Waals surface area (Å²) >= 11 is 5.52. The highest BCUT2D eigenvalue weighted by molar-refractivity contribution is 7.60. The van der Waals surface area contributed by atoms with Gasteiger partial charge in [-0.3, -0.25) is 9.36 Å². The summed E-state index contributed by atoms with van der Waals surface area (Å²) in [4.78, 5) is 27.7. The van der Waals surface area contributed by atoms with Gasteiger partial charge in [0.2, 0.25) is 0 Å². The van der Waals surface area contributed by atoms with Crippen LogP contribution in [0.25, 0.3) is 0 Å². The number of carboxylic acid groups (broad SMARTS) is 1. The molecule has 5 N–H and O–H groups in total. The molecule has 0 saturated carbocycles. The Morgan fingerprint density at radius 2 is 1.18 bits per heavy atom. The van der Waals surface area contributed by atoms with Crippen molar-refractivity contribution in [3.63, 3.8) is 0 Å². The van der Waals surface area contributed by atoms with E-state index in [1.807, 2.05) is 0 Å². The number of rotatable bonds is 17. The minimum absolute atomic E-state index is 0.0980. The van der Waals surface area contributed by atoms with Gasteiger partial charge in [0, 0.05) is 6.42 Å². The van der Waals surface area contributed by atoms with E-state index >= 15 is 0 Å². The second-order valence-corrected chi connectivity index (χ2v) is 10.1. The van der Waals surface area contributed by atoms with E-state index in [2.05, 4.69) is 12.9 Å². The number of carbonyl (C=O) groups is 1. The molecule has 1 aromatic rings. The van der Waals surface area contributed by atoms with Crippen LogP contribution in [0.1, 0.15) is 110 Å². The Bertz CT molecular complexity index is 631. The number of unbranched alkanes of at least 4 members (excludes halogenated alkanes) is 14. The zero-order valence-electron chi connectivity index (χ0n) is 20.1.